The molecule has 0 bridgehead atoms. The van der Waals surface area contributed by atoms with Gasteiger partial charge >= 0.3 is 5.97 Å². The van der Waals surface area contributed by atoms with Crippen molar-refractivity contribution in [2.24, 2.45) is 5.92 Å². The second-order valence-electron chi connectivity index (χ2n) is 6.64. The van der Waals surface area contributed by atoms with Gasteiger partial charge in [-0.2, -0.15) is 0 Å². The number of rotatable bonds is 7. The highest BCUT2D eigenvalue weighted by Crippen LogP contribution is 2.18. The number of amides is 2. The van der Waals surface area contributed by atoms with E-state index >= 15 is 0 Å². The SMILES string of the molecule is Cc1cccc(C(=O)Nc2ccccc2C(=O)OCC(=O)NCC(C)C)c1. The van der Waals surface area contributed by atoms with Crippen LogP contribution in [0.4, 0.5) is 5.69 Å². The number of hydrogen-bond donors (Lipinski definition) is 2. The predicted molar refractivity (Wildman–Crippen MR) is 104 cm³/mol. The molecule has 0 aliphatic rings. The van der Waals surface area contributed by atoms with Gasteiger partial charge < -0.3 is 15.4 Å². The highest BCUT2D eigenvalue weighted by molar-refractivity contribution is 6.08. The van der Waals surface area contributed by atoms with Crippen molar-refractivity contribution in [1.29, 1.82) is 0 Å². The molecule has 6 nitrogen and oxygen atoms in total. The van der Waals surface area contributed by atoms with Crippen molar-refractivity contribution in [3.63, 3.8) is 0 Å². The molecule has 0 heterocycles. The largest absolute Gasteiger partial charge is 0.452 e. The van der Waals surface area contributed by atoms with Gasteiger partial charge in [-0.3, -0.25) is 9.59 Å². The Hall–Kier alpha value is -3.15. The van der Waals surface area contributed by atoms with Crippen LogP contribution in [0.2, 0.25) is 0 Å². The molecule has 0 aromatic heterocycles. The molecule has 6 heteroatoms. The standard InChI is InChI=1S/C21H24N2O4/c1-14(2)12-22-19(24)13-27-21(26)17-9-4-5-10-18(17)23-20(25)16-8-6-7-15(3)11-16/h4-11,14H,12-13H2,1-3H3,(H,22,24)(H,23,25). The molecule has 2 aromatic carbocycles. The van der Waals surface area contributed by atoms with E-state index in [9.17, 15) is 14.4 Å². The average molecular weight is 368 g/mol. The minimum Gasteiger partial charge on any atom is -0.452 e. The summed E-state index contributed by atoms with van der Waals surface area (Å²) in [6, 6.07) is 13.7. The molecule has 0 aliphatic heterocycles. The van der Waals surface area contributed by atoms with Crippen LogP contribution in [0.15, 0.2) is 48.5 Å². The van der Waals surface area contributed by atoms with Gasteiger partial charge in [0.15, 0.2) is 6.61 Å². The summed E-state index contributed by atoms with van der Waals surface area (Å²) in [5.74, 6) is -1.05. The van der Waals surface area contributed by atoms with E-state index in [0.29, 0.717) is 23.7 Å². The highest BCUT2D eigenvalue weighted by Gasteiger charge is 2.16. The zero-order chi connectivity index (χ0) is 19.8. The van der Waals surface area contributed by atoms with Crippen LogP contribution in [-0.2, 0) is 9.53 Å². The number of para-hydroxylation sites is 1. The zero-order valence-corrected chi connectivity index (χ0v) is 15.7. The summed E-state index contributed by atoms with van der Waals surface area (Å²) in [5.41, 5.74) is 1.97. The van der Waals surface area contributed by atoms with Gasteiger partial charge in [-0.05, 0) is 37.1 Å². The molecule has 2 N–H and O–H groups in total. The van der Waals surface area contributed by atoms with Crippen LogP contribution in [0.3, 0.4) is 0 Å². The molecule has 0 spiro atoms. The van der Waals surface area contributed by atoms with Crippen molar-refractivity contribution in [2.45, 2.75) is 20.8 Å². The van der Waals surface area contributed by atoms with Crippen LogP contribution in [0, 0.1) is 12.8 Å². The molecular weight excluding hydrogens is 344 g/mol. The Bertz CT molecular complexity index is 830. The van der Waals surface area contributed by atoms with Crippen molar-refractivity contribution < 1.29 is 19.1 Å². The third-order valence-electron chi connectivity index (χ3n) is 3.72. The molecular formula is C21H24N2O4. The third kappa shape index (κ3) is 6.26. The van der Waals surface area contributed by atoms with Gasteiger partial charge in [0.2, 0.25) is 0 Å². The van der Waals surface area contributed by atoms with Crippen molar-refractivity contribution in [2.75, 3.05) is 18.5 Å². The normalized spacial score (nSPS) is 10.4. The predicted octanol–water partition coefficient (Wildman–Crippen LogP) is 3.18. The number of hydrogen-bond acceptors (Lipinski definition) is 4. The molecule has 0 unspecified atom stereocenters. The Kier molecular flexibility index (Phi) is 7.11. The summed E-state index contributed by atoms with van der Waals surface area (Å²) in [6.07, 6.45) is 0. The molecule has 0 fully saturated rings. The van der Waals surface area contributed by atoms with E-state index in [4.69, 9.17) is 4.74 Å². The number of carbonyl (C=O) groups excluding carboxylic acids is 3. The molecule has 0 saturated carbocycles. The van der Waals surface area contributed by atoms with Crippen LogP contribution in [-0.4, -0.2) is 30.9 Å². The molecule has 2 aromatic rings. The van der Waals surface area contributed by atoms with Crippen LogP contribution in [0.5, 0.6) is 0 Å². The van der Waals surface area contributed by atoms with Gasteiger partial charge in [-0.1, -0.05) is 43.7 Å². The minimum absolute atomic E-state index is 0.190. The lowest BCUT2D eigenvalue weighted by molar-refractivity contribution is -0.124. The van der Waals surface area contributed by atoms with Gasteiger partial charge in [0, 0.05) is 12.1 Å². The van der Waals surface area contributed by atoms with E-state index in [2.05, 4.69) is 10.6 Å². The van der Waals surface area contributed by atoms with Gasteiger partial charge in [-0.15, -0.1) is 0 Å². The molecule has 0 radical (unpaired) electrons. The topological polar surface area (TPSA) is 84.5 Å². The highest BCUT2D eigenvalue weighted by atomic mass is 16.5. The van der Waals surface area contributed by atoms with Gasteiger partial charge in [-0.25, -0.2) is 4.79 Å². The third-order valence-corrected chi connectivity index (χ3v) is 3.72. The number of nitrogens with one attached hydrogen (secondary N) is 2. The number of anilines is 1. The molecule has 2 rings (SSSR count). The van der Waals surface area contributed by atoms with Gasteiger partial charge in [0.05, 0.1) is 11.3 Å². The lowest BCUT2D eigenvalue weighted by Gasteiger charge is -2.12. The van der Waals surface area contributed by atoms with Crippen LogP contribution < -0.4 is 10.6 Å². The summed E-state index contributed by atoms with van der Waals surface area (Å²) < 4.78 is 5.07. The average Bonchev–Trinajstić information content (AvgIpc) is 2.64. The molecule has 0 atom stereocenters. The number of benzene rings is 2. The monoisotopic (exact) mass is 368 g/mol. The van der Waals surface area contributed by atoms with E-state index in [1.807, 2.05) is 26.8 Å². The van der Waals surface area contributed by atoms with E-state index in [1.165, 1.54) is 0 Å². The fraction of sp³-hybridized carbons (Fsp3) is 0.286. The van der Waals surface area contributed by atoms with E-state index in [0.717, 1.165) is 5.56 Å². The zero-order valence-electron chi connectivity index (χ0n) is 15.7. The second kappa shape index (κ2) is 9.52. The maximum atomic E-state index is 12.4. The number of ether oxygens (including phenoxy) is 1. The maximum Gasteiger partial charge on any atom is 0.340 e. The molecule has 27 heavy (non-hydrogen) atoms. The Morgan fingerprint density at radius 1 is 1.04 bits per heavy atom. The van der Waals surface area contributed by atoms with Crippen molar-refractivity contribution in [3.05, 3.63) is 65.2 Å². The smallest absolute Gasteiger partial charge is 0.340 e. The lowest BCUT2D eigenvalue weighted by atomic mass is 10.1. The van der Waals surface area contributed by atoms with Crippen LogP contribution in [0.1, 0.15) is 40.1 Å². The Labute approximate surface area is 158 Å². The van der Waals surface area contributed by atoms with Crippen molar-refractivity contribution >= 4 is 23.5 Å². The summed E-state index contributed by atoms with van der Waals surface area (Å²) in [6.45, 7) is 5.98. The molecule has 0 aliphatic carbocycles. The number of aryl methyl sites for hydroxylation is 1. The quantitative estimate of drug-likeness (QED) is 0.735. The minimum atomic E-state index is -0.671. The van der Waals surface area contributed by atoms with Gasteiger partial charge in [0.1, 0.15) is 0 Å². The molecule has 142 valence electrons. The number of esters is 1. The Balaban J connectivity index is 2.03. The first kappa shape index (κ1) is 20.2. The maximum absolute atomic E-state index is 12.4. The van der Waals surface area contributed by atoms with Crippen molar-refractivity contribution in [1.82, 2.24) is 5.32 Å². The van der Waals surface area contributed by atoms with E-state index in [1.54, 1.807) is 42.5 Å². The van der Waals surface area contributed by atoms with E-state index in [-0.39, 0.29) is 24.0 Å². The second-order valence-corrected chi connectivity index (χ2v) is 6.64. The summed E-state index contributed by atoms with van der Waals surface area (Å²) >= 11 is 0. The Morgan fingerprint density at radius 3 is 2.48 bits per heavy atom. The number of carbonyl (C=O) groups is 3. The van der Waals surface area contributed by atoms with Crippen LogP contribution in [0.25, 0.3) is 0 Å². The lowest BCUT2D eigenvalue weighted by Crippen LogP contribution is -2.31. The first-order chi connectivity index (χ1) is 12.9. The van der Waals surface area contributed by atoms with Gasteiger partial charge in [0.25, 0.3) is 11.8 Å². The van der Waals surface area contributed by atoms with E-state index < -0.39 is 5.97 Å². The molecule has 0 saturated heterocycles. The van der Waals surface area contributed by atoms with Crippen molar-refractivity contribution in [3.8, 4) is 0 Å². The first-order valence-electron chi connectivity index (χ1n) is 8.77. The molecule has 2 amide bonds. The van der Waals surface area contributed by atoms with Crippen LogP contribution >= 0.6 is 0 Å². The summed E-state index contributed by atoms with van der Waals surface area (Å²) in [4.78, 5) is 36.5. The summed E-state index contributed by atoms with van der Waals surface area (Å²) in [5, 5.41) is 5.40. The Morgan fingerprint density at radius 2 is 1.78 bits per heavy atom. The fourth-order valence-corrected chi connectivity index (χ4v) is 2.33. The summed E-state index contributed by atoms with van der Waals surface area (Å²) in [7, 11) is 0. The first-order valence-corrected chi connectivity index (χ1v) is 8.77. The fourth-order valence-electron chi connectivity index (χ4n) is 2.33.